The summed E-state index contributed by atoms with van der Waals surface area (Å²) in [5.74, 6) is 0.914. The first-order valence-corrected chi connectivity index (χ1v) is 11.3. The van der Waals surface area contributed by atoms with Gasteiger partial charge in [-0.15, -0.1) is 0 Å². The Morgan fingerprint density at radius 2 is 1.92 bits per heavy atom. The summed E-state index contributed by atoms with van der Waals surface area (Å²) in [6, 6.07) is 15.9. The maximum absolute atomic E-state index is 12.8. The predicted molar refractivity (Wildman–Crippen MR) is 137 cm³/mol. The fourth-order valence-electron chi connectivity index (χ4n) is 3.99. The summed E-state index contributed by atoms with van der Waals surface area (Å²) in [5, 5.41) is 25.2. The molecule has 11 nitrogen and oxygen atoms in total. The topological polar surface area (TPSA) is 141 Å². The smallest absolute Gasteiger partial charge is 0.311 e. The monoisotopic (exact) mass is 503 g/mol. The van der Waals surface area contributed by atoms with Crippen LogP contribution in [0.2, 0.25) is 0 Å². The van der Waals surface area contributed by atoms with E-state index < -0.39 is 22.3 Å². The first-order valence-electron chi connectivity index (χ1n) is 11.3. The predicted octanol–water partition coefficient (Wildman–Crippen LogP) is 3.72. The van der Waals surface area contributed by atoms with Crippen molar-refractivity contribution in [2.45, 2.75) is 19.9 Å². The lowest BCUT2D eigenvalue weighted by Gasteiger charge is -2.11. The van der Waals surface area contributed by atoms with E-state index in [2.05, 4.69) is 10.5 Å². The maximum Gasteiger partial charge on any atom is 0.311 e. The van der Waals surface area contributed by atoms with Gasteiger partial charge in [0, 0.05) is 18.1 Å². The van der Waals surface area contributed by atoms with Crippen LogP contribution in [0.4, 0.5) is 5.69 Å². The van der Waals surface area contributed by atoms with Gasteiger partial charge in [0.2, 0.25) is 5.75 Å². The van der Waals surface area contributed by atoms with Crippen molar-refractivity contribution in [2.75, 3.05) is 14.2 Å². The zero-order valence-electron chi connectivity index (χ0n) is 20.5. The lowest BCUT2D eigenvalue weighted by atomic mass is 10.1. The standard InChI is InChI=1S/C26H25N5O6/c1-16-10-18(26(33)21(11-16)31(34)35)14-27-29-25(32)15-30-20-7-5-4-6-19(20)28-24(30)13-17-8-9-22(36-2)23(12-17)37-3/h4-12,14,33H,13,15H2,1-3H3,(H,29,32)/b27-14+. The number of aryl methyl sites for hydroxylation is 1. The second-order valence-corrected chi connectivity index (χ2v) is 8.24. The number of hydrazone groups is 1. The minimum absolute atomic E-state index is 0.0690. The van der Waals surface area contributed by atoms with E-state index in [9.17, 15) is 20.0 Å². The van der Waals surface area contributed by atoms with Gasteiger partial charge in [0.05, 0.1) is 36.4 Å². The molecule has 0 bridgehead atoms. The van der Waals surface area contributed by atoms with E-state index in [1.54, 1.807) is 25.7 Å². The number of aromatic nitrogens is 2. The van der Waals surface area contributed by atoms with E-state index in [0.717, 1.165) is 16.6 Å². The molecule has 0 atom stereocenters. The first-order chi connectivity index (χ1) is 17.8. The van der Waals surface area contributed by atoms with E-state index in [4.69, 9.17) is 14.5 Å². The molecule has 0 aliphatic heterocycles. The van der Waals surface area contributed by atoms with Crippen LogP contribution >= 0.6 is 0 Å². The number of nitrogens with one attached hydrogen (secondary N) is 1. The van der Waals surface area contributed by atoms with Gasteiger partial charge in [0.25, 0.3) is 5.91 Å². The van der Waals surface area contributed by atoms with Crippen LogP contribution < -0.4 is 14.9 Å². The average molecular weight is 504 g/mol. The number of benzene rings is 3. The van der Waals surface area contributed by atoms with Crippen molar-refractivity contribution in [1.29, 1.82) is 0 Å². The number of hydrogen-bond donors (Lipinski definition) is 2. The molecular weight excluding hydrogens is 478 g/mol. The highest BCUT2D eigenvalue weighted by atomic mass is 16.6. The molecule has 1 aromatic heterocycles. The third kappa shape index (κ3) is 5.50. The number of nitro benzene ring substituents is 1. The molecule has 4 rings (SSSR count). The van der Waals surface area contributed by atoms with Gasteiger partial charge in [-0.2, -0.15) is 5.10 Å². The van der Waals surface area contributed by atoms with Gasteiger partial charge < -0.3 is 19.1 Å². The van der Waals surface area contributed by atoms with Gasteiger partial charge in [-0.3, -0.25) is 14.9 Å². The summed E-state index contributed by atoms with van der Waals surface area (Å²) in [7, 11) is 3.13. The molecule has 0 fully saturated rings. The van der Waals surface area contributed by atoms with Gasteiger partial charge in [-0.05, 0) is 48.4 Å². The van der Waals surface area contributed by atoms with Gasteiger partial charge >= 0.3 is 5.69 Å². The molecule has 0 spiro atoms. The zero-order chi connectivity index (χ0) is 26.5. The number of methoxy groups -OCH3 is 2. The number of carbonyl (C=O) groups excluding carboxylic acids is 1. The van der Waals surface area contributed by atoms with E-state index in [-0.39, 0.29) is 12.1 Å². The minimum Gasteiger partial charge on any atom is -0.502 e. The van der Waals surface area contributed by atoms with Crippen molar-refractivity contribution in [1.82, 2.24) is 15.0 Å². The Labute approximate surface area is 212 Å². The van der Waals surface area contributed by atoms with Crippen LogP contribution in [0.25, 0.3) is 11.0 Å². The van der Waals surface area contributed by atoms with Crippen molar-refractivity contribution in [3.63, 3.8) is 0 Å². The van der Waals surface area contributed by atoms with Gasteiger partial charge in [0.1, 0.15) is 12.4 Å². The lowest BCUT2D eigenvalue weighted by Crippen LogP contribution is -2.24. The first kappa shape index (κ1) is 25.2. The number of carbonyl (C=O) groups is 1. The van der Waals surface area contributed by atoms with E-state index in [1.165, 1.54) is 18.3 Å². The largest absolute Gasteiger partial charge is 0.502 e. The summed E-state index contributed by atoms with van der Waals surface area (Å²) in [6.45, 7) is 1.59. The Hall–Kier alpha value is -4.93. The fourth-order valence-corrected chi connectivity index (χ4v) is 3.99. The second-order valence-electron chi connectivity index (χ2n) is 8.24. The number of ether oxygens (including phenoxy) is 2. The Balaban J connectivity index is 1.56. The van der Waals surface area contributed by atoms with E-state index >= 15 is 0 Å². The zero-order valence-corrected chi connectivity index (χ0v) is 20.5. The Morgan fingerprint density at radius 1 is 1.16 bits per heavy atom. The summed E-state index contributed by atoms with van der Waals surface area (Å²) in [5.41, 5.74) is 5.12. The molecule has 3 aromatic carbocycles. The van der Waals surface area contributed by atoms with Gasteiger partial charge in [-0.25, -0.2) is 10.4 Å². The molecule has 0 radical (unpaired) electrons. The normalized spacial score (nSPS) is 11.1. The molecule has 0 unspecified atom stereocenters. The number of rotatable bonds is 9. The molecule has 190 valence electrons. The van der Waals surface area contributed by atoms with Crippen LogP contribution in [0.5, 0.6) is 17.2 Å². The van der Waals surface area contributed by atoms with E-state index in [1.807, 2.05) is 42.5 Å². The molecule has 0 saturated heterocycles. The number of phenols is 1. The number of phenolic OH excluding ortho intramolecular Hbond substituents is 1. The molecule has 0 aliphatic rings. The summed E-state index contributed by atoms with van der Waals surface area (Å²) in [4.78, 5) is 27.9. The number of para-hydroxylation sites is 2. The molecule has 1 heterocycles. The van der Waals surface area contributed by atoms with Crippen LogP contribution in [0, 0.1) is 17.0 Å². The molecule has 0 aliphatic carbocycles. The number of aromatic hydroxyl groups is 1. The highest BCUT2D eigenvalue weighted by Gasteiger charge is 2.18. The summed E-state index contributed by atoms with van der Waals surface area (Å²) in [6.07, 6.45) is 1.61. The van der Waals surface area contributed by atoms with Crippen molar-refractivity contribution in [3.05, 3.63) is 87.2 Å². The summed E-state index contributed by atoms with van der Waals surface area (Å²) < 4.78 is 12.5. The molecule has 4 aromatic rings. The Bertz CT molecular complexity index is 1510. The average Bonchev–Trinajstić information content (AvgIpc) is 3.22. The van der Waals surface area contributed by atoms with Crippen LogP contribution in [-0.4, -0.2) is 45.9 Å². The number of hydrogen-bond acceptors (Lipinski definition) is 8. The fraction of sp³-hybridized carbons (Fsp3) is 0.192. The van der Waals surface area contributed by atoms with Crippen LogP contribution in [0.3, 0.4) is 0 Å². The van der Waals surface area contributed by atoms with Crippen LogP contribution in [-0.2, 0) is 17.8 Å². The van der Waals surface area contributed by atoms with E-state index in [0.29, 0.717) is 29.3 Å². The highest BCUT2D eigenvalue weighted by Crippen LogP contribution is 2.30. The second kappa shape index (κ2) is 10.8. The molecular formula is C26H25N5O6. The Kier molecular flexibility index (Phi) is 7.33. The quantitative estimate of drug-likeness (QED) is 0.201. The molecule has 1 amide bonds. The van der Waals surface area contributed by atoms with Crippen LogP contribution in [0.15, 0.2) is 59.7 Å². The van der Waals surface area contributed by atoms with Crippen molar-refractivity contribution >= 4 is 28.8 Å². The number of imidazole rings is 1. The Morgan fingerprint density at radius 3 is 2.65 bits per heavy atom. The lowest BCUT2D eigenvalue weighted by molar-refractivity contribution is -0.385. The highest BCUT2D eigenvalue weighted by molar-refractivity contribution is 5.87. The van der Waals surface area contributed by atoms with Crippen molar-refractivity contribution in [3.8, 4) is 17.2 Å². The number of nitro groups is 1. The van der Waals surface area contributed by atoms with Gasteiger partial charge in [-0.1, -0.05) is 18.2 Å². The molecule has 0 saturated carbocycles. The molecule has 2 N–H and O–H groups in total. The molecule has 37 heavy (non-hydrogen) atoms. The molecule has 11 heteroatoms. The van der Waals surface area contributed by atoms with Crippen molar-refractivity contribution < 1.29 is 24.3 Å². The SMILES string of the molecule is COc1ccc(Cc2nc3ccccc3n2CC(=O)N/N=C/c2cc(C)cc([N+](=O)[O-])c2O)cc1OC. The maximum atomic E-state index is 12.8. The van der Waals surface area contributed by atoms with Crippen LogP contribution in [0.1, 0.15) is 22.5 Å². The third-order valence-corrected chi connectivity index (χ3v) is 5.70. The third-order valence-electron chi connectivity index (χ3n) is 5.70. The van der Waals surface area contributed by atoms with Gasteiger partial charge in [0.15, 0.2) is 11.5 Å². The number of amides is 1. The number of nitrogens with zero attached hydrogens (tertiary/aromatic N) is 4. The summed E-state index contributed by atoms with van der Waals surface area (Å²) >= 11 is 0. The number of fused-ring (bicyclic) bond motifs is 1. The minimum atomic E-state index is -0.678. The van der Waals surface area contributed by atoms with Crippen molar-refractivity contribution in [2.24, 2.45) is 5.10 Å².